The van der Waals surface area contributed by atoms with Gasteiger partial charge in [-0.25, -0.2) is 4.39 Å². The van der Waals surface area contributed by atoms with Crippen LogP contribution in [0.5, 0.6) is 0 Å². The predicted molar refractivity (Wildman–Crippen MR) is 71.9 cm³/mol. The van der Waals surface area contributed by atoms with E-state index in [4.69, 9.17) is 0 Å². The second kappa shape index (κ2) is 5.94. The summed E-state index contributed by atoms with van der Waals surface area (Å²) < 4.78 is 14.2. The summed E-state index contributed by atoms with van der Waals surface area (Å²) in [7, 11) is 0. The van der Waals surface area contributed by atoms with E-state index < -0.39 is 0 Å². The summed E-state index contributed by atoms with van der Waals surface area (Å²) in [6, 6.07) is 3.19. The van der Waals surface area contributed by atoms with Crippen molar-refractivity contribution < 1.29 is 4.39 Å². The third-order valence-electron chi connectivity index (χ3n) is 3.32. The molecule has 1 heterocycles. The van der Waals surface area contributed by atoms with E-state index in [2.05, 4.69) is 26.1 Å². The lowest BCUT2D eigenvalue weighted by Gasteiger charge is -2.27. The molecule has 0 aliphatic carbocycles. The summed E-state index contributed by atoms with van der Waals surface area (Å²) in [6.07, 6.45) is 0.919. The zero-order valence-corrected chi connectivity index (χ0v) is 11.7. The molecule has 2 nitrogen and oxygen atoms in total. The topological polar surface area (TPSA) is 15.3 Å². The van der Waals surface area contributed by atoms with Crippen LogP contribution in [0.1, 0.15) is 11.1 Å². The van der Waals surface area contributed by atoms with Gasteiger partial charge in [0.05, 0.1) is 0 Å². The molecule has 0 amide bonds. The number of hydrogen-bond donors (Lipinski definition) is 1. The average molecular weight is 301 g/mol. The molecule has 1 aliphatic rings. The second-order valence-electron chi connectivity index (χ2n) is 4.51. The Balaban J connectivity index is 1.98. The Kier molecular flexibility index (Phi) is 4.54. The lowest BCUT2D eigenvalue weighted by atomic mass is 10.1. The minimum atomic E-state index is -0.155. The molecule has 0 radical (unpaired) electrons. The maximum atomic E-state index is 13.3. The lowest BCUT2D eigenvalue weighted by Crippen LogP contribution is -2.44. The van der Waals surface area contributed by atoms with Gasteiger partial charge < -0.3 is 10.2 Å². The molecule has 1 aromatic carbocycles. The SMILES string of the molecule is Cc1c(Br)cc(F)cc1CCN1CCNCC1. The van der Waals surface area contributed by atoms with Gasteiger partial charge >= 0.3 is 0 Å². The molecule has 0 spiro atoms. The molecular weight excluding hydrogens is 283 g/mol. The molecular formula is C13H18BrFN2. The largest absolute Gasteiger partial charge is 0.314 e. The monoisotopic (exact) mass is 300 g/mol. The average Bonchev–Trinajstić information content (AvgIpc) is 2.33. The Morgan fingerprint density at radius 3 is 2.76 bits per heavy atom. The quantitative estimate of drug-likeness (QED) is 0.922. The number of rotatable bonds is 3. The van der Waals surface area contributed by atoms with Gasteiger partial charge in [-0.05, 0) is 36.6 Å². The molecule has 4 heteroatoms. The number of piperazine rings is 1. The van der Waals surface area contributed by atoms with Gasteiger partial charge in [0.25, 0.3) is 0 Å². The minimum absolute atomic E-state index is 0.155. The summed E-state index contributed by atoms with van der Waals surface area (Å²) in [5, 5.41) is 3.33. The Morgan fingerprint density at radius 2 is 2.06 bits per heavy atom. The molecule has 0 atom stereocenters. The second-order valence-corrected chi connectivity index (χ2v) is 5.37. The van der Waals surface area contributed by atoms with Crippen LogP contribution in [0, 0.1) is 12.7 Å². The van der Waals surface area contributed by atoms with Gasteiger partial charge in [-0.15, -0.1) is 0 Å². The summed E-state index contributed by atoms with van der Waals surface area (Å²) in [5.74, 6) is -0.155. The first-order chi connectivity index (χ1) is 8.16. The van der Waals surface area contributed by atoms with Crippen molar-refractivity contribution in [3.63, 3.8) is 0 Å². The van der Waals surface area contributed by atoms with E-state index in [0.717, 1.165) is 54.7 Å². The highest BCUT2D eigenvalue weighted by molar-refractivity contribution is 9.10. The third kappa shape index (κ3) is 3.50. The Labute approximate surface area is 110 Å². The molecule has 1 aliphatic heterocycles. The number of nitrogens with zero attached hydrogens (tertiary/aromatic N) is 1. The van der Waals surface area contributed by atoms with E-state index in [9.17, 15) is 4.39 Å². The number of nitrogens with one attached hydrogen (secondary N) is 1. The first-order valence-corrected chi connectivity index (χ1v) is 6.84. The highest BCUT2D eigenvalue weighted by Gasteiger charge is 2.11. The van der Waals surface area contributed by atoms with Crippen LogP contribution < -0.4 is 5.32 Å². The predicted octanol–water partition coefficient (Wildman–Crippen LogP) is 2.34. The van der Waals surface area contributed by atoms with Crippen LogP contribution in [0.2, 0.25) is 0 Å². The standard InChI is InChI=1S/C13H18BrFN2/c1-10-11(8-12(15)9-13(10)14)2-5-17-6-3-16-4-7-17/h8-9,16H,2-7H2,1H3. The maximum Gasteiger partial charge on any atom is 0.124 e. The molecule has 17 heavy (non-hydrogen) atoms. The van der Waals surface area contributed by atoms with E-state index in [0.29, 0.717) is 0 Å². The Morgan fingerprint density at radius 1 is 1.35 bits per heavy atom. The molecule has 2 rings (SSSR count). The van der Waals surface area contributed by atoms with Crippen molar-refractivity contribution in [2.24, 2.45) is 0 Å². The molecule has 1 N–H and O–H groups in total. The van der Waals surface area contributed by atoms with Crippen LogP contribution in [0.3, 0.4) is 0 Å². The number of benzene rings is 1. The van der Waals surface area contributed by atoms with Crippen molar-refractivity contribution in [2.45, 2.75) is 13.3 Å². The van der Waals surface area contributed by atoms with Crippen molar-refractivity contribution in [3.8, 4) is 0 Å². The van der Waals surface area contributed by atoms with E-state index >= 15 is 0 Å². The van der Waals surface area contributed by atoms with E-state index in [1.807, 2.05) is 6.92 Å². The number of halogens is 2. The Bertz CT molecular complexity index is 389. The highest BCUT2D eigenvalue weighted by Crippen LogP contribution is 2.22. The van der Waals surface area contributed by atoms with E-state index in [-0.39, 0.29) is 5.82 Å². The summed E-state index contributed by atoms with van der Waals surface area (Å²) in [4.78, 5) is 2.43. The normalized spacial score (nSPS) is 17.4. The van der Waals surface area contributed by atoms with Gasteiger partial charge in [-0.2, -0.15) is 0 Å². The first-order valence-electron chi connectivity index (χ1n) is 6.04. The molecule has 1 saturated heterocycles. The van der Waals surface area contributed by atoms with Gasteiger partial charge in [-0.1, -0.05) is 15.9 Å². The molecule has 0 saturated carbocycles. The molecule has 94 valence electrons. The molecule has 0 unspecified atom stereocenters. The highest BCUT2D eigenvalue weighted by atomic mass is 79.9. The van der Waals surface area contributed by atoms with Gasteiger partial charge in [0.1, 0.15) is 5.82 Å². The van der Waals surface area contributed by atoms with Gasteiger partial charge in [0, 0.05) is 37.2 Å². The van der Waals surface area contributed by atoms with Gasteiger partial charge in [0.2, 0.25) is 0 Å². The fraction of sp³-hybridized carbons (Fsp3) is 0.538. The van der Waals surface area contributed by atoms with Crippen molar-refractivity contribution in [1.29, 1.82) is 0 Å². The zero-order chi connectivity index (χ0) is 12.3. The van der Waals surface area contributed by atoms with Crippen LogP contribution in [0.4, 0.5) is 4.39 Å². The van der Waals surface area contributed by atoms with E-state index in [1.54, 1.807) is 6.07 Å². The molecule has 0 bridgehead atoms. The van der Waals surface area contributed by atoms with Crippen LogP contribution in [-0.2, 0) is 6.42 Å². The van der Waals surface area contributed by atoms with Crippen molar-refractivity contribution in [2.75, 3.05) is 32.7 Å². The smallest absolute Gasteiger partial charge is 0.124 e. The summed E-state index contributed by atoms with van der Waals surface area (Å²) >= 11 is 3.40. The fourth-order valence-electron chi connectivity index (χ4n) is 2.17. The number of hydrogen-bond acceptors (Lipinski definition) is 2. The zero-order valence-electron chi connectivity index (χ0n) is 10.1. The van der Waals surface area contributed by atoms with Crippen LogP contribution >= 0.6 is 15.9 Å². The van der Waals surface area contributed by atoms with Crippen molar-refractivity contribution in [3.05, 3.63) is 33.5 Å². The van der Waals surface area contributed by atoms with Crippen LogP contribution in [0.25, 0.3) is 0 Å². The first kappa shape index (κ1) is 13.0. The van der Waals surface area contributed by atoms with Gasteiger partial charge in [-0.3, -0.25) is 0 Å². The van der Waals surface area contributed by atoms with Gasteiger partial charge in [0.15, 0.2) is 0 Å². The summed E-state index contributed by atoms with van der Waals surface area (Å²) in [5.41, 5.74) is 2.26. The Hall–Kier alpha value is -0.450. The lowest BCUT2D eigenvalue weighted by molar-refractivity contribution is 0.243. The molecule has 1 fully saturated rings. The van der Waals surface area contributed by atoms with Crippen molar-refractivity contribution in [1.82, 2.24) is 10.2 Å². The maximum absolute atomic E-state index is 13.3. The third-order valence-corrected chi connectivity index (χ3v) is 4.15. The molecule has 0 aromatic heterocycles. The molecule has 1 aromatic rings. The minimum Gasteiger partial charge on any atom is -0.314 e. The van der Waals surface area contributed by atoms with Crippen LogP contribution in [0.15, 0.2) is 16.6 Å². The fourth-order valence-corrected chi connectivity index (χ4v) is 2.65. The van der Waals surface area contributed by atoms with Crippen molar-refractivity contribution >= 4 is 15.9 Å². The van der Waals surface area contributed by atoms with Crippen LogP contribution in [-0.4, -0.2) is 37.6 Å². The van der Waals surface area contributed by atoms with E-state index in [1.165, 1.54) is 6.07 Å². The summed E-state index contributed by atoms with van der Waals surface area (Å²) in [6.45, 7) is 7.36.